The largest absolute Gasteiger partial charge is 0.370 e. The fourth-order valence-corrected chi connectivity index (χ4v) is 2.10. The highest BCUT2D eigenvalue weighted by Gasteiger charge is 2.17. The second-order valence-corrected chi connectivity index (χ2v) is 5.17. The van der Waals surface area contributed by atoms with Crippen LogP contribution in [0.15, 0.2) is 53.0 Å². The molecule has 0 bridgehead atoms. The second kappa shape index (κ2) is 6.27. The zero-order valence-corrected chi connectivity index (χ0v) is 12.2. The van der Waals surface area contributed by atoms with Gasteiger partial charge in [0.15, 0.2) is 0 Å². The number of carbonyl (C=O) groups excluding carboxylic acids is 1. The Kier molecular flexibility index (Phi) is 4.44. The van der Waals surface area contributed by atoms with Crippen LogP contribution in [-0.4, -0.2) is 5.91 Å². The van der Waals surface area contributed by atoms with E-state index in [1.807, 2.05) is 42.5 Å². The minimum Gasteiger partial charge on any atom is -0.370 e. The van der Waals surface area contributed by atoms with Crippen molar-refractivity contribution in [2.24, 2.45) is 5.73 Å². The minimum absolute atomic E-state index is 0.446. The van der Waals surface area contributed by atoms with Crippen LogP contribution in [0.25, 0.3) is 0 Å². The smallest absolute Gasteiger partial charge is 0.244 e. The van der Waals surface area contributed by atoms with Crippen LogP contribution in [0.5, 0.6) is 0 Å². The van der Waals surface area contributed by atoms with E-state index in [1.165, 1.54) is 0 Å². The standard InChI is InChI=1S/C16H13BrN2O/c1-2-11-4-3-5-14(10-11)19-15(16(18)20)12-6-8-13(17)9-7-12/h1,3-10,15,19H,(H2,18,20)/t15-/m0/s1. The van der Waals surface area contributed by atoms with Crippen LogP contribution in [0.1, 0.15) is 17.2 Å². The molecule has 4 heteroatoms. The van der Waals surface area contributed by atoms with Crippen molar-refractivity contribution >= 4 is 27.5 Å². The molecular weight excluding hydrogens is 316 g/mol. The molecule has 0 aromatic heterocycles. The molecule has 0 unspecified atom stereocenters. The van der Waals surface area contributed by atoms with Gasteiger partial charge in [-0.1, -0.05) is 40.0 Å². The first-order chi connectivity index (χ1) is 9.60. The lowest BCUT2D eigenvalue weighted by molar-refractivity contribution is -0.118. The van der Waals surface area contributed by atoms with Crippen molar-refractivity contribution < 1.29 is 4.79 Å². The zero-order chi connectivity index (χ0) is 14.5. The summed E-state index contributed by atoms with van der Waals surface area (Å²) in [6, 6.07) is 14.1. The van der Waals surface area contributed by atoms with Crippen molar-refractivity contribution in [2.45, 2.75) is 6.04 Å². The molecule has 0 spiro atoms. The van der Waals surface area contributed by atoms with Gasteiger partial charge in [-0.2, -0.15) is 0 Å². The highest BCUT2D eigenvalue weighted by molar-refractivity contribution is 9.10. The van der Waals surface area contributed by atoms with Crippen molar-refractivity contribution in [2.75, 3.05) is 5.32 Å². The number of carbonyl (C=O) groups is 1. The summed E-state index contributed by atoms with van der Waals surface area (Å²) in [5.41, 5.74) is 7.77. The predicted molar refractivity (Wildman–Crippen MR) is 84.1 cm³/mol. The molecule has 0 aliphatic heterocycles. The normalized spacial score (nSPS) is 11.4. The van der Waals surface area contributed by atoms with Crippen molar-refractivity contribution in [3.05, 3.63) is 64.1 Å². The second-order valence-electron chi connectivity index (χ2n) is 4.26. The number of hydrogen-bond acceptors (Lipinski definition) is 2. The van der Waals surface area contributed by atoms with E-state index in [0.717, 1.165) is 21.3 Å². The number of hydrogen-bond donors (Lipinski definition) is 2. The van der Waals surface area contributed by atoms with E-state index in [1.54, 1.807) is 6.07 Å². The summed E-state index contributed by atoms with van der Waals surface area (Å²) in [4.78, 5) is 11.7. The molecule has 0 heterocycles. The maximum Gasteiger partial charge on any atom is 0.244 e. The van der Waals surface area contributed by atoms with Gasteiger partial charge in [-0.25, -0.2) is 0 Å². The summed E-state index contributed by atoms with van der Waals surface area (Å²) in [5, 5.41) is 3.10. The Hall–Kier alpha value is -2.25. The van der Waals surface area contributed by atoms with Gasteiger partial charge in [-0.05, 0) is 35.9 Å². The Balaban J connectivity index is 2.28. The maximum absolute atomic E-state index is 11.7. The Morgan fingerprint density at radius 3 is 2.55 bits per heavy atom. The maximum atomic E-state index is 11.7. The summed E-state index contributed by atoms with van der Waals surface area (Å²) < 4.78 is 0.943. The summed E-state index contributed by atoms with van der Waals surface area (Å²) in [5.74, 6) is 2.11. The minimum atomic E-state index is -0.601. The van der Waals surface area contributed by atoms with Gasteiger partial charge in [0.1, 0.15) is 6.04 Å². The van der Waals surface area contributed by atoms with Crippen LogP contribution in [0.3, 0.4) is 0 Å². The van der Waals surface area contributed by atoms with E-state index >= 15 is 0 Å². The molecule has 0 saturated carbocycles. The quantitative estimate of drug-likeness (QED) is 0.847. The van der Waals surface area contributed by atoms with Crippen LogP contribution in [0.4, 0.5) is 5.69 Å². The van der Waals surface area contributed by atoms with Gasteiger partial charge < -0.3 is 11.1 Å². The number of rotatable bonds is 4. The van der Waals surface area contributed by atoms with Crippen LogP contribution in [0.2, 0.25) is 0 Å². The fraction of sp³-hybridized carbons (Fsp3) is 0.0625. The average Bonchev–Trinajstić information content (AvgIpc) is 2.46. The first-order valence-corrected chi connectivity index (χ1v) is 6.77. The predicted octanol–water partition coefficient (Wildman–Crippen LogP) is 3.07. The molecule has 0 aliphatic carbocycles. The third-order valence-electron chi connectivity index (χ3n) is 2.83. The molecule has 2 rings (SSSR count). The lowest BCUT2D eigenvalue weighted by Crippen LogP contribution is -2.27. The molecule has 2 aromatic rings. The highest BCUT2D eigenvalue weighted by atomic mass is 79.9. The molecule has 0 fully saturated rings. The molecule has 3 nitrogen and oxygen atoms in total. The van der Waals surface area contributed by atoms with Crippen LogP contribution >= 0.6 is 15.9 Å². The van der Waals surface area contributed by atoms with Crippen LogP contribution in [-0.2, 0) is 4.79 Å². The number of benzene rings is 2. The Morgan fingerprint density at radius 2 is 1.95 bits per heavy atom. The summed E-state index contributed by atoms with van der Waals surface area (Å²) in [6.07, 6.45) is 5.36. The Bertz CT molecular complexity index is 659. The van der Waals surface area contributed by atoms with Gasteiger partial charge in [0.25, 0.3) is 0 Å². The van der Waals surface area contributed by atoms with Gasteiger partial charge in [0, 0.05) is 15.7 Å². The monoisotopic (exact) mass is 328 g/mol. The number of nitrogens with one attached hydrogen (secondary N) is 1. The molecule has 1 atom stereocenters. The molecular formula is C16H13BrN2O. The first kappa shape index (κ1) is 14.2. The lowest BCUT2D eigenvalue weighted by atomic mass is 10.1. The molecule has 0 aliphatic rings. The van der Waals surface area contributed by atoms with Gasteiger partial charge in [0.2, 0.25) is 5.91 Å². The number of amides is 1. The topological polar surface area (TPSA) is 55.1 Å². The molecule has 20 heavy (non-hydrogen) atoms. The Morgan fingerprint density at radius 1 is 1.25 bits per heavy atom. The summed E-state index contributed by atoms with van der Waals surface area (Å²) in [6.45, 7) is 0. The van der Waals surface area contributed by atoms with E-state index in [2.05, 4.69) is 27.2 Å². The first-order valence-electron chi connectivity index (χ1n) is 5.98. The van der Waals surface area contributed by atoms with Crippen LogP contribution < -0.4 is 11.1 Å². The van der Waals surface area contributed by atoms with Gasteiger partial charge in [-0.3, -0.25) is 4.79 Å². The highest BCUT2D eigenvalue weighted by Crippen LogP contribution is 2.22. The average molecular weight is 329 g/mol. The number of halogens is 1. The number of nitrogens with two attached hydrogens (primary N) is 1. The number of terminal acetylenes is 1. The van der Waals surface area contributed by atoms with Gasteiger partial charge >= 0.3 is 0 Å². The summed E-state index contributed by atoms with van der Waals surface area (Å²) in [7, 11) is 0. The van der Waals surface area contributed by atoms with Gasteiger partial charge in [0.05, 0.1) is 0 Å². The van der Waals surface area contributed by atoms with E-state index in [9.17, 15) is 4.79 Å². The number of primary amides is 1. The molecule has 100 valence electrons. The van der Waals surface area contributed by atoms with Crippen LogP contribution in [0, 0.1) is 12.3 Å². The SMILES string of the molecule is C#Cc1cccc(N[C@H](C(N)=O)c2ccc(Br)cc2)c1. The van der Waals surface area contributed by atoms with Gasteiger partial charge in [-0.15, -0.1) is 6.42 Å². The van der Waals surface area contributed by atoms with E-state index < -0.39 is 11.9 Å². The Labute approximate surface area is 126 Å². The molecule has 3 N–H and O–H groups in total. The summed E-state index contributed by atoms with van der Waals surface area (Å²) >= 11 is 3.36. The van der Waals surface area contributed by atoms with Crippen molar-refractivity contribution in [3.63, 3.8) is 0 Å². The van der Waals surface area contributed by atoms with E-state index in [4.69, 9.17) is 12.2 Å². The van der Waals surface area contributed by atoms with E-state index in [0.29, 0.717) is 0 Å². The lowest BCUT2D eigenvalue weighted by Gasteiger charge is -2.17. The number of anilines is 1. The molecule has 2 aromatic carbocycles. The van der Waals surface area contributed by atoms with E-state index in [-0.39, 0.29) is 0 Å². The van der Waals surface area contributed by atoms with Crippen molar-refractivity contribution in [3.8, 4) is 12.3 Å². The third-order valence-corrected chi connectivity index (χ3v) is 3.36. The zero-order valence-electron chi connectivity index (χ0n) is 10.6. The molecule has 0 radical (unpaired) electrons. The van der Waals surface area contributed by atoms with Crippen molar-refractivity contribution in [1.82, 2.24) is 0 Å². The van der Waals surface area contributed by atoms with Crippen molar-refractivity contribution in [1.29, 1.82) is 0 Å². The fourth-order valence-electron chi connectivity index (χ4n) is 1.84. The molecule has 1 amide bonds. The molecule has 0 saturated heterocycles. The third kappa shape index (κ3) is 3.40.